The van der Waals surface area contributed by atoms with Crippen molar-refractivity contribution in [3.8, 4) is 0 Å². The molecule has 0 aliphatic heterocycles. The first-order valence-electron chi connectivity index (χ1n) is 4.62. The van der Waals surface area contributed by atoms with Crippen LogP contribution in [0, 0.1) is 0 Å². The molecule has 0 bridgehead atoms. The molecule has 0 spiro atoms. The summed E-state index contributed by atoms with van der Waals surface area (Å²) in [6, 6.07) is 1.71. The maximum atomic E-state index is 11.3. The third-order valence-corrected chi connectivity index (χ3v) is 2.81. The van der Waals surface area contributed by atoms with Gasteiger partial charge in [0.05, 0.1) is 0 Å². The zero-order valence-electron chi connectivity index (χ0n) is 8.54. The average Bonchev–Trinajstić information content (AvgIpc) is 2.59. The predicted octanol–water partition coefficient (Wildman–Crippen LogP) is 0.115. The highest BCUT2D eigenvalue weighted by atomic mass is 32.2. The Balaban J connectivity index is 2.30. The van der Waals surface area contributed by atoms with E-state index < -0.39 is 0 Å². The summed E-state index contributed by atoms with van der Waals surface area (Å²) in [5.41, 5.74) is 5.23. The minimum atomic E-state index is -0.230. The van der Waals surface area contributed by atoms with Crippen LogP contribution in [0.2, 0.25) is 0 Å². The summed E-state index contributed by atoms with van der Waals surface area (Å²) in [5, 5.41) is 7.50. The van der Waals surface area contributed by atoms with Gasteiger partial charge < -0.3 is 5.73 Å². The first-order chi connectivity index (χ1) is 7.70. The van der Waals surface area contributed by atoms with Gasteiger partial charge >= 0.3 is 5.69 Å². The number of hydrogen-bond acceptors (Lipinski definition) is 6. The molecule has 0 aromatic carbocycles. The lowest BCUT2D eigenvalue weighted by atomic mass is 10.7. The van der Waals surface area contributed by atoms with Crippen molar-refractivity contribution in [2.45, 2.75) is 23.7 Å². The van der Waals surface area contributed by atoms with Crippen LogP contribution in [-0.2, 0) is 6.54 Å². The van der Waals surface area contributed by atoms with E-state index in [1.54, 1.807) is 12.3 Å². The van der Waals surface area contributed by atoms with Crippen LogP contribution in [0.25, 0.3) is 0 Å². The van der Waals surface area contributed by atoms with Crippen LogP contribution in [0.1, 0.15) is 6.92 Å². The minimum absolute atomic E-state index is 0.200. The summed E-state index contributed by atoms with van der Waals surface area (Å²) in [7, 11) is 0. The Labute approximate surface area is 95.1 Å². The number of nitrogens with two attached hydrogens (primary N) is 1. The van der Waals surface area contributed by atoms with Gasteiger partial charge in [-0.15, -0.1) is 5.10 Å². The van der Waals surface area contributed by atoms with Gasteiger partial charge in [0, 0.05) is 12.7 Å². The minimum Gasteiger partial charge on any atom is -0.368 e. The van der Waals surface area contributed by atoms with E-state index in [1.165, 1.54) is 16.3 Å². The lowest BCUT2D eigenvalue weighted by molar-refractivity contribution is 0.660. The van der Waals surface area contributed by atoms with E-state index in [9.17, 15) is 4.79 Å². The van der Waals surface area contributed by atoms with Crippen LogP contribution in [0.4, 0.5) is 5.95 Å². The highest BCUT2D eigenvalue weighted by molar-refractivity contribution is 7.99. The van der Waals surface area contributed by atoms with Gasteiger partial charge in [-0.25, -0.2) is 19.9 Å². The van der Waals surface area contributed by atoms with Crippen LogP contribution < -0.4 is 11.4 Å². The van der Waals surface area contributed by atoms with Crippen molar-refractivity contribution in [1.82, 2.24) is 24.7 Å². The second kappa shape index (κ2) is 4.35. The molecule has 0 aliphatic rings. The van der Waals surface area contributed by atoms with Crippen LogP contribution in [0.5, 0.6) is 0 Å². The van der Waals surface area contributed by atoms with Gasteiger partial charge in [-0.05, 0) is 24.8 Å². The number of nitrogen functional groups attached to an aromatic ring is 1. The summed E-state index contributed by atoms with van der Waals surface area (Å²) >= 11 is 1.26. The van der Waals surface area contributed by atoms with Crippen molar-refractivity contribution >= 4 is 17.7 Å². The molecule has 0 unspecified atom stereocenters. The molecule has 0 radical (unpaired) electrons. The number of hydrogen-bond donors (Lipinski definition) is 2. The number of aromatic amines is 1. The Kier molecular flexibility index (Phi) is 2.91. The largest absolute Gasteiger partial charge is 0.368 e. The first kappa shape index (κ1) is 10.7. The fourth-order valence-electron chi connectivity index (χ4n) is 1.17. The summed E-state index contributed by atoms with van der Waals surface area (Å²) in [5.74, 6) is 0.200. The number of anilines is 1. The SMILES string of the molecule is CCn1c(Sc2ccnc(N)n2)n[nH]c1=O. The lowest BCUT2D eigenvalue weighted by Gasteiger charge is -2.01. The topological polar surface area (TPSA) is 102 Å². The van der Waals surface area contributed by atoms with Gasteiger partial charge in [0.15, 0.2) is 5.16 Å². The van der Waals surface area contributed by atoms with Gasteiger partial charge in [-0.1, -0.05) is 0 Å². The molecule has 0 fully saturated rings. The molecule has 84 valence electrons. The molecule has 2 aromatic rings. The third kappa shape index (κ3) is 2.06. The van der Waals surface area contributed by atoms with E-state index >= 15 is 0 Å². The zero-order chi connectivity index (χ0) is 11.5. The molecule has 3 N–H and O–H groups in total. The highest BCUT2D eigenvalue weighted by Gasteiger charge is 2.09. The summed E-state index contributed by atoms with van der Waals surface area (Å²) in [4.78, 5) is 19.1. The molecule has 7 nitrogen and oxygen atoms in total. The van der Waals surface area contributed by atoms with Crippen LogP contribution in [0.15, 0.2) is 27.2 Å². The number of nitrogens with one attached hydrogen (secondary N) is 1. The molecule has 0 saturated heterocycles. The highest BCUT2D eigenvalue weighted by Crippen LogP contribution is 2.22. The number of nitrogens with zero attached hydrogens (tertiary/aromatic N) is 4. The maximum Gasteiger partial charge on any atom is 0.343 e. The smallest absolute Gasteiger partial charge is 0.343 e. The number of aromatic nitrogens is 5. The first-order valence-corrected chi connectivity index (χ1v) is 5.44. The second-order valence-corrected chi connectivity index (χ2v) is 3.90. The normalized spacial score (nSPS) is 10.6. The monoisotopic (exact) mass is 238 g/mol. The lowest BCUT2D eigenvalue weighted by Crippen LogP contribution is -2.16. The Morgan fingerprint density at radius 2 is 2.44 bits per heavy atom. The molecule has 0 amide bonds. The summed E-state index contributed by atoms with van der Waals surface area (Å²) in [6.45, 7) is 2.42. The maximum absolute atomic E-state index is 11.3. The van der Waals surface area contributed by atoms with Crippen LogP contribution >= 0.6 is 11.8 Å². The quantitative estimate of drug-likeness (QED) is 0.736. The Hall–Kier alpha value is -1.83. The molecule has 2 heterocycles. The molecule has 0 saturated carbocycles. The van der Waals surface area contributed by atoms with Crippen LogP contribution in [-0.4, -0.2) is 24.7 Å². The van der Waals surface area contributed by atoms with Gasteiger partial charge in [-0.2, -0.15) is 0 Å². The van der Waals surface area contributed by atoms with E-state index in [0.29, 0.717) is 16.7 Å². The fraction of sp³-hybridized carbons (Fsp3) is 0.250. The number of rotatable bonds is 3. The molecule has 8 heteroatoms. The zero-order valence-corrected chi connectivity index (χ0v) is 9.36. The molecular weight excluding hydrogens is 228 g/mol. The van der Waals surface area contributed by atoms with Crippen LogP contribution in [0.3, 0.4) is 0 Å². The average molecular weight is 238 g/mol. The van der Waals surface area contributed by atoms with Crippen molar-refractivity contribution in [2.24, 2.45) is 0 Å². The summed E-state index contributed by atoms with van der Waals surface area (Å²) < 4.78 is 1.52. The van der Waals surface area contributed by atoms with Crippen molar-refractivity contribution in [2.75, 3.05) is 5.73 Å². The molecular formula is C8H10N6OS. The Morgan fingerprint density at radius 1 is 1.62 bits per heavy atom. The van der Waals surface area contributed by atoms with E-state index in [-0.39, 0.29) is 11.6 Å². The Bertz CT molecular complexity index is 547. The van der Waals surface area contributed by atoms with E-state index in [2.05, 4.69) is 20.2 Å². The van der Waals surface area contributed by atoms with Crippen molar-refractivity contribution in [3.63, 3.8) is 0 Å². The van der Waals surface area contributed by atoms with Gasteiger partial charge in [0.25, 0.3) is 0 Å². The molecule has 0 atom stereocenters. The molecule has 2 aromatic heterocycles. The van der Waals surface area contributed by atoms with Crippen molar-refractivity contribution in [3.05, 3.63) is 22.7 Å². The van der Waals surface area contributed by atoms with Gasteiger partial charge in [0.2, 0.25) is 5.95 Å². The van der Waals surface area contributed by atoms with E-state index in [1.807, 2.05) is 6.92 Å². The summed E-state index contributed by atoms with van der Waals surface area (Å²) in [6.07, 6.45) is 1.56. The second-order valence-electron chi connectivity index (χ2n) is 2.91. The van der Waals surface area contributed by atoms with Crippen molar-refractivity contribution in [1.29, 1.82) is 0 Å². The molecule has 2 rings (SSSR count). The van der Waals surface area contributed by atoms with E-state index in [4.69, 9.17) is 5.73 Å². The molecule has 16 heavy (non-hydrogen) atoms. The standard InChI is InChI=1S/C8H10N6OS/c1-2-14-7(15)12-13-8(14)16-5-3-4-10-6(9)11-5/h3-4H,2H2,1H3,(H,12,15)(H2,9,10,11). The fourth-order valence-corrected chi connectivity index (χ4v) is 2.04. The predicted molar refractivity (Wildman–Crippen MR) is 59.1 cm³/mol. The van der Waals surface area contributed by atoms with E-state index in [0.717, 1.165) is 0 Å². The Morgan fingerprint density at radius 3 is 3.12 bits per heavy atom. The van der Waals surface area contributed by atoms with Crippen molar-refractivity contribution < 1.29 is 0 Å². The van der Waals surface area contributed by atoms with Gasteiger partial charge in [-0.3, -0.25) is 4.57 Å². The third-order valence-electron chi connectivity index (χ3n) is 1.88. The molecule has 0 aliphatic carbocycles. The van der Waals surface area contributed by atoms with Gasteiger partial charge in [0.1, 0.15) is 5.03 Å². The number of H-pyrrole nitrogens is 1.